The van der Waals surface area contributed by atoms with Crippen LogP contribution in [-0.2, 0) is 0 Å². The van der Waals surface area contributed by atoms with Crippen LogP contribution in [0, 0.1) is 0 Å². The van der Waals surface area contributed by atoms with Gasteiger partial charge in [0.15, 0.2) is 0 Å². The highest BCUT2D eigenvalue weighted by atomic mass is 15.0. The van der Waals surface area contributed by atoms with Crippen molar-refractivity contribution >= 4 is 163 Å². The van der Waals surface area contributed by atoms with Crippen LogP contribution in [-0.4, -0.2) is 27.4 Å². The zero-order valence-corrected chi connectivity index (χ0v) is 61.9. The van der Waals surface area contributed by atoms with Crippen molar-refractivity contribution in [1.82, 2.24) is 27.4 Å². The number of nitrogens with zero attached hydrogens (tertiary/aromatic N) is 6. The summed E-state index contributed by atoms with van der Waals surface area (Å²) in [5.74, 6) is 0. The van der Waals surface area contributed by atoms with Crippen LogP contribution in [0.1, 0.15) is 0 Å². The van der Waals surface area contributed by atoms with Crippen LogP contribution in [0.25, 0.3) is 220 Å². The quantitative estimate of drug-likeness (QED) is 0.136. The largest absolute Gasteiger partial charge is 0.309 e. The Hall–Kier alpha value is -15.2. The summed E-state index contributed by atoms with van der Waals surface area (Å²) in [7, 11) is 0. The Morgan fingerprint density at radius 2 is 0.404 bits per heavy atom. The predicted molar refractivity (Wildman–Crippen MR) is 482 cm³/mol. The molecule has 0 aliphatic heterocycles. The average molecular weight is 1450 g/mol. The third kappa shape index (κ3) is 9.37. The van der Waals surface area contributed by atoms with Gasteiger partial charge in [0, 0.05) is 98.2 Å². The van der Waals surface area contributed by atoms with Crippen LogP contribution in [0.15, 0.2) is 413 Å². The minimum absolute atomic E-state index is 1.15. The molecule has 0 aliphatic rings. The van der Waals surface area contributed by atoms with Crippen molar-refractivity contribution in [3.8, 4) is 56.4 Å². The van der Waals surface area contributed by atoms with E-state index in [1.54, 1.807) is 0 Å². The van der Waals surface area contributed by atoms with Crippen LogP contribution in [0.4, 0.5) is 0 Å². The van der Waals surface area contributed by atoms with Crippen molar-refractivity contribution in [3.05, 3.63) is 413 Å². The van der Waals surface area contributed by atoms with Crippen molar-refractivity contribution in [2.45, 2.75) is 0 Å². The maximum atomic E-state index is 2.49. The van der Waals surface area contributed by atoms with E-state index < -0.39 is 0 Å². The van der Waals surface area contributed by atoms with Crippen LogP contribution in [0.5, 0.6) is 0 Å². The molecule has 0 unspecified atom stereocenters. The molecule has 0 aliphatic carbocycles. The smallest absolute Gasteiger partial charge is 0.0547 e. The van der Waals surface area contributed by atoms with Crippen LogP contribution < -0.4 is 0 Å². The number of hydrogen-bond acceptors (Lipinski definition) is 0. The summed E-state index contributed by atoms with van der Waals surface area (Å²) in [5, 5.41) is 22.5. The number of para-hydroxylation sites is 8. The fourth-order valence-corrected chi connectivity index (χ4v) is 19.6. The summed E-state index contributed by atoms with van der Waals surface area (Å²) < 4.78 is 14.6. The molecule has 6 heteroatoms. The number of hydrogen-bond donors (Lipinski definition) is 0. The van der Waals surface area contributed by atoms with E-state index in [-0.39, 0.29) is 0 Å². The minimum atomic E-state index is 1.15. The van der Waals surface area contributed by atoms with Gasteiger partial charge in [-0.3, -0.25) is 0 Å². The van der Waals surface area contributed by atoms with Crippen LogP contribution in [0.3, 0.4) is 0 Å². The van der Waals surface area contributed by atoms with Crippen LogP contribution >= 0.6 is 0 Å². The van der Waals surface area contributed by atoms with E-state index >= 15 is 0 Å². The van der Waals surface area contributed by atoms with Gasteiger partial charge in [0.2, 0.25) is 0 Å². The summed E-state index contributed by atoms with van der Waals surface area (Å²) in [5.41, 5.74) is 26.4. The molecule has 0 fully saturated rings. The lowest BCUT2D eigenvalue weighted by Crippen LogP contribution is -1.96. The van der Waals surface area contributed by atoms with Gasteiger partial charge in [0.1, 0.15) is 0 Å². The molecule has 0 atom stereocenters. The Bertz CT molecular complexity index is 8300. The molecule has 0 saturated carbocycles. The molecule has 0 bridgehead atoms. The van der Waals surface area contributed by atoms with Crippen molar-refractivity contribution < 1.29 is 0 Å². The van der Waals surface area contributed by atoms with Crippen molar-refractivity contribution in [2.75, 3.05) is 0 Å². The Labute approximate surface area is 655 Å². The highest BCUT2D eigenvalue weighted by Crippen LogP contribution is 2.49. The van der Waals surface area contributed by atoms with E-state index in [0.717, 1.165) is 17.1 Å². The molecular weight excluding hydrogens is 1380 g/mol. The Morgan fingerprint density at radius 3 is 0.842 bits per heavy atom. The first-order valence-corrected chi connectivity index (χ1v) is 39.3. The summed E-state index contributed by atoms with van der Waals surface area (Å²) in [6.45, 7) is 0. The van der Waals surface area contributed by atoms with Gasteiger partial charge in [-0.1, -0.05) is 279 Å². The molecule has 6 heterocycles. The second-order valence-electron chi connectivity index (χ2n) is 30.1. The maximum absolute atomic E-state index is 2.49. The highest BCUT2D eigenvalue weighted by Gasteiger charge is 2.26. The van der Waals surface area contributed by atoms with Gasteiger partial charge in [-0.05, 0) is 177 Å². The fraction of sp³-hybridized carbons (Fsp3) is 0. The molecule has 6 nitrogen and oxygen atoms in total. The van der Waals surface area contributed by atoms with E-state index in [1.807, 2.05) is 0 Å². The maximum Gasteiger partial charge on any atom is 0.0547 e. The van der Waals surface area contributed by atoms with Gasteiger partial charge in [-0.15, -0.1) is 0 Å². The molecule has 6 aromatic heterocycles. The molecule has 0 spiro atoms. The lowest BCUT2D eigenvalue weighted by atomic mass is 9.95. The van der Waals surface area contributed by atoms with E-state index in [4.69, 9.17) is 0 Å². The van der Waals surface area contributed by atoms with Gasteiger partial charge >= 0.3 is 0 Å². The molecule has 114 heavy (non-hydrogen) atoms. The van der Waals surface area contributed by atoms with Crippen LogP contribution in [0.2, 0.25) is 0 Å². The van der Waals surface area contributed by atoms with E-state index in [9.17, 15) is 0 Å². The molecule has 0 amide bonds. The highest BCUT2D eigenvalue weighted by molar-refractivity contribution is 6.26. The topological polar surface area (TPSA) is 29.6 Å². The molecule has 25 aromatic rings. The molecular formula is C108H68N6. The first-order chi connectivity index (χ1) is 56.6. The van der Waals surface area contributed by atoms with Gasteiger partial charge in [-0.2, -0.15) is 0 Å². The molecule has 0 saturated heterocycles. The van der Waals surface area contributed by atoms with Crippen molar-refractivity contribution in [1.29, 1.82) is 0 Å². The average Bonchev–Trinajstić information content (AvgIpc) is 1.55. The van der Waals surface area contributed by atoms with Gasteiger partial charge in [0.25, 0.3) is 0 Å². The first kappa shape index (κ1) is 63.7. The molecule has 530 valence electrons. The zero-order valence-electron chi connectivity index (χ0n) is 61.9. The second kappa shape index (κ2) is 25.2. The SMILES string of the molecule is c1ccc(-n2c3ccccc3c3cc(-n4c5ccccc5c5c(-c6cccc7c6c6ccccc6n7-c6cc7ccccc7c7ccccc67)cccc54)ccc32)cc1.c1ccc(-n2c3ccccc3c3cc(-n4c5ccccc5c5c(-c6cccc7c6c6ccccc6n7-c6cccc7ccccc67)cccc54)ccc32)cc1. The van der Waals surface area contributed by atoms with E-state index in [0.29, 0.717) is 0 Å². The number of rotatable bonds is 8. The lowest BCUT2D eigenvalue weighted by Gasteiger charge is -2.14. The Morgan fingerprint density at radius 1 is 0.123 bits per heavy atom. The Kier molecular flexibility index (Phi) is 14.0. The molecule has 0 radical (unpaired) electrons. The third-order valence-corrected chi connectivity index (χ3v) is 24.2. The monoisotopic (exact) mass is 1450 g/mol. The summed E-state index contributed by atoms with van der Waals surface area (Å²) in [6.07, 6.45) is 0. The number of fused-ring (bicyclic) bond motifs is 22. The van der Waals surface area contributed by atoms with Gasteiger partial charge < -0.3 is 27.4 Å². The zero-order chi connectivity index (χ0) is 74.6. The summed E-state index contributed by atoms with van der Waals surface area (Å²) >= 11 is 0. The van der Waals surface area contributed by atoms with E-state index in [2.05, 4.69) is 440 Å². The second-order valence-corrected chi connectivity index (χ2v) is 30.1. The first-order valence-electron chi connectivity index (χ1n) is 39.3. The fourth-order valence-electron chi connectivity index (χ4n) is 19.6. The minimum Gasteiger partial charge on any atom is -0.309 e. The third-order valence-electron chi connectivity index (χ3n) is 24.2. The summed E-state index contributed by atoms with van der Waals surface area (Å²) in [6, 6.07) is 151. The van der Waals surface area contributed by atoms with Crippen molar-refractivity contribution in [3.63, 3.8) is 0 Å². The number of benzene rings is 19. The lowest BCUT2D eigenvalue weighted by molar-refractivity contribution is 1.17. The molecule has 19 aromatic carbocycles. The number of aromatic nitrogens is 6. The summed E-state index contributed by atoms with van der Waals surface area (Å²) in [4.78, 5) is 0. The normalized spacial score (nSPS) is 12.0. The molecule has 0 N–H and O–H groups in total. The van der Waals surface area contributed by atoms with Crippen molar-refractivity contribution in [2.24, 2.45) is 0 Å². The van der Waals surface area contributed by atoms with Gasteiger partial charge in [-0.25, -0.2) is 0 Å². The Balaban J connectivity index is 0.000000132. The van der Waals surface area contributed by atoms with E-state index in [1.165, 1.54) is 202 Å². The standard InChI is InChI=1S/C56H35N3.C52H33N3/c1-2-17-37(18-3-1)57-48-27-11-8-22-42(48)47-35-38(32-33-51(47)57)58-49-28-12-9-23-45(49)55-43(25-14-30-52(55)58)44-26-15-31-53-56(44)46-24-10-13-29-50(46)59(53)54-34-36-16-4-5-19-39(36)40-20-6-7-21-41(40)54;1-2-17-35(18-3-1)53-45-25-9-6-20-38(45)43-33-36(31-32-48(43)53)54-46-26-10-7-21-41(46)51-39(23-13-29-49(51)54)40-24-14-30-50-52(40)42-22-8-11-27-47(42)55(50)44-28-12-16-34-15-4-5-19-37(34)44/h1-35H;1-33H. The predicted octanol–water partition coefficient (Wildman–Crippen LogP) is 28.7. The van der Waals surface area contributed by atoms with Gasteiger partial charge in [0.05, 0.1) is 77.6 Å². The molecule has 25 rings (SSSR count).